The Balaban J connectivity index is 1.28. The fraction of sp³-hybridized carbons (Fsp3) is 0.138. The van der Waals surface area contributed by atoms with E-state index < -0.39 is 0 Å². The molecule has 0 aliphatic rings. The zero-order valence-electron chi connectivity index (χ0n) is 20.4. The van der Waals surface area contributed by atoms with Gasteiger partial charge in [-0.2, -0.15) is 0 Å². The van der Waals surface area contributed by atoms with E-state index in [1.807, 2.05) is 37.3 Å². The van der Waals surface area contributed by atoms with Gasteiger partial charge < -0.3 is 25.7 Å². The normalized spacial score (nSPS) is 11.3. The quantitative estimate of drug-likeness (QED) is 0.253. The van der Waals surface area contributed by atoms with Gasteiger partial charge >= 0.3 is 0 Å². The van der Waals surface area contributed by atoms with Crippen molar-refractivity contribution < 1.29 is 18.8 Å². The van der Waals surface area contributed by atoms with Crippen LogP contribution < -0.4 is 21.3 Å². The maximum absolute atomic E-state index is 12.7. The first-order valence-electron chi connectivity index (χ1n) is 11.9. The molecule has 0 spiro atoms. The fourth-order valence-corrected chi connectivity index (χ4v) is 3.68. The lowest BCUT2D eigenvalue weighted by molar-refractivity contribution is -0.114. The van der Waals surface area contributed by atoms with Gasteiger partial charge in [-0.25, -0.2) is 0 Å². The SMILES string of the molecule is CC(NC(=O)c1cccc(NC(=O)CNc2cccc(C(=O)NCc3ccco3)c2)c1)c1ccccc1. The molecule has 0 bridgehead atoms. The molecule has 0 saturated heterocycles. The van der Waals surface area contributed by atoms with Crippen LogP contribution in [0.5, 0.6) is 0 Å². The van der Waals surface area contributed by atoms with Crippen molar-refractivity contribution in [1.82, 2.24) is 10.6 Å². The van der Waals surface area contributed by atoms with Gasteiger partial charge in [-0.05, 0) is 61.0 Å². The Hall–Kier alpha value is -4.85. The van der Waals surface area contributed by atoms with E-state index in [9.17, 15) is 14.4 Å². The smallest absolute Gasteiger partial charge is 0.251 e. The third kappa shape index (κ3) is 7.32. The van der Waals surface area contributed by atoms with Crippen LogP contribution in [0, 0.1) is 0 Å². The molecule has 4 N–H and O–H groups in total. The molecule has 4 rings (SSSR count). The van der Waals surface area contributed by atoms with E-state index in [1.54, 1.807) is 66.9 Å². The van der Waals surface area contributed by atoms with Crippen molar-refractivity contribution in [3.8, 4) is 0 Å². The average Bonchev–Trinajstić information content (AvgIpc) is 3.45. The number of hydrogen-bond acceptors (Lipinski definition) is 5. The maximum Gasteiger partial charge on any atom is 0.251 e. The summed E-state index contributed by atoms with van der Waals surface area (Å²) in [5.41, 5.74) is 3.05. The molecule has 4 aromatic rings. The van der Waals surface area contributed by atoms with Gasteiger partial charge in [0.1, 0.15) is 5.76 Å². The number of nitrogens with one attached hydrogen (secondary N) is 4. The van der Waals surface area contributed by atoms with E-state index in [-0.39, 0.29) is 36.9 Å². The van der Waals surface area contributed by atoms with Crippen molar-refractivity contribution in [2.75, 3.05) is 17.2 Å². The van der Waals surface area contributed by atoms with Crippen LogP contribution in [0.2, 0.25) is 0 Å². The molecule has 0 fully saturated rings. The minimum Gasteiger partial charge on any atom is -0.467 e. The maximum atomic E-state index is 12.7. The highest BCUT2D eigenvalue weighted by Gasteiger charge is 2.13. The van der Waals surface area contributed by atoms with Crippen molar-refractivity contribution in [1.29, 1.82) is 0 Å². The summed E-state index contributed by atoms with van der Waals surface area (Å²) in [6.07, 6.45) is 1.55. The number of benzene rings is 3. The Morgan fingerprint density at radius 3 is 2.22 bits per heavy atom. The van der Waals surface area contributed by atoms with Crippen molar-refractivity contribution in [2.24, 2.45) is 0 Å². The number of carbonyl (C=O) groups excluding carboxylic acids is 3. The van der Waals surface area contributed by atoms with Gasteiger partial charge in [-0.3, -0.25) is 14.4 Å². The van der Waals surface area contributed by atoms with Crippen LogP contribution in [-0.4, -0.2) is 24.3 Å². The molecule has 0 radical (unpaired) electrons. The molecule has 188 valence electrons. The molecule has 1 heterocycles. The highest BCUT2D eigenvalue weighted by Crippen LogP contribution is 2.15. The highest BCUT2D eigenvalue weighted by atomic mass is 16.3. The number of hydrogen-bond donors (Lipinski definition) is 4. The lowest BCUT2D eigenvalue weighted by Crippen LogP contribution is -2.27. The van der Waals surface area contributed by atoms with Crippen molar-refractivity contribution in [3.63, 3.8) is 0 Å². The molecule has 3 amide bonds. The standard InChI is InChI=1S/C29H28N4O4/c1-20(21-8-3-2-4-9-21)32-29(36)23-11-6-13-25(17-23)33-27(34)19-30-24-12-5-10-22(16-24)28(35)31-18-26-14-7-15-37-26/h2-17,20,30H,18-19H2,1H3,(H,31,35)(H,32,36)(H,33,34). The Morgan fingerprint density at radius 1 is 0.784 bits per heavy atom. The highest BCUT2D eigenvalue weighted by molar-refractivity contribution is 5.98. The largest absolute Gasteiger partial charge is 0.467 e. The predicted octanol–water partition coefficient (Wildman–Crippen LogP) is 4.75. The molecule has 37 heavy (non-hydrogen) atoms. The van der Waals surface area contributed by atoms with E-state index in [4.69, 9.17) is 4.42 Å². The summed E-state index contributed by atoms with van der Waals surface area (Å²) in [5, 5.41) is 11.6. The zero-order chi connectivity index (χ0) is 26.0. The lowest BCUT2D eigenvalue weighted by Gasteiger charge is -2.15. The molecule has 0 aliphatic carbocycles. The Bertz CT molecular complexity index is 1350. The van der Waals surface area contributed by atoms with Gasteiger partial charge in [0.25, 0.3) is 11.8 Å². The summed E-state index contributed by atoms with van der Waals surface area (Å²) >= 11 is 0. The number of amides is 3. The summed E-state index contributed by atoms with van der Waals surface area (Å²) in [5.74, 6) is -0.108. The molecule has 1 aromatic heterocycles. The van der Waals surface area contributed by atoms with Crippen LogP contribution in [0.25, 0.3) is 0 Å². The fourth-order valence-electron chi connectivity index (χ4n) is 3.68. The first-order chi connectivity index (χ1) is 18.0. The van der Waals surface area contributed by atoms with Crippen LogP contribution in [0.3, 0.4) is 0 Å². The molecule has 3 aromatic carbocycles. The second kappa shape index (κ2) is 12.2. The van der Waals surface area contributed by atoms with Gasteiger partial charge in [0.2, 0.25) is 5.91 Å². The second-order valence-corrected chi connectivity index (χ2v) is 8.43. The van der Waals surface area contributed by atoms with E-state index in [0.717, 1.165) is 5.56 Å². The lowest BCUT2D eigenvalue weighted by atomic mass is 10.1. The van der Waals surface area contributed by atoms with Crippen LogP contribution in [0.4, 0.5) is 11.4 Å². The third-order valence-electron chi connectivity index (χ3n) is 5.64. The van der Waals surface area contributed by atoms with Gasteiger partial charge in [0.15, 0.2) is 0 Å². The molecule has 0 aliphatic heterocycles. The molecular formula is C29H28N4O4. The predicted molar refractivity (Wildman–Crippen MR) is 142 cm³/mol. The van der Waals surface area contributed by atoms with E-state index in [0.29, 0.717) is 28.3 Å². The monoisotopic (exact) mass is 496 g/mol. The second-order valence-electron chi connectivity index (χ2n) is 8.43. The minimum atomic E-state index is -0.289. The van der Waals surface area contributed by atoms with Crippen LogP contribution in [-0.2, 0) is 11.3 Å². The molecule has 0 saturated carbocycles. The Morgan fingerprint density at radius 2 is 1.49 bits per heavy atom. The summed E-state index contributed by atoms with van der Waals surface area (Å²) < 4.78 is 5.22. The van der Waals surface area contributed by atoms with Gasteiger partial charge in [-0.15, -0.1) is 0 Å². The van der Waals surface area contributed by atoms with Crippen molar-refractivity contribution in [2.45, 2.75) is 19.5 Å². The molecule has 1 atom stereocenters. The summed E-state index contributed by atoms with van der Waals surface area (Å²) in [7, 11) is 0. The number of carbonyl (C=O) groups is 3. The summed E-state index contributed by atoms with van der Waals surface area (Å²) in [6.45, 7) is 2.19. The van der Waals surface area contributed by atoms with E-state index in [2.05, 4.69) is 21.3 Å². The summed E-state index contributed by atoms with van der Waals surface area (Å²) in [6, 6.07) is 26.7. The van der Waals surface area contributed by atoms with E-state index in [1.165, 1.54) is 0 Å². The average molecular weight is 497 g/mol. The minimum absolute atomic E-state index is 0.0149. The third-order valence-corrected chi connectivity index (χ3v) is 5.64. The van der Waals surface area contributed by atoms with Crippen molar-refractivity contribution >= 4 is 29.1 Å². The number of anilines is 2. The zero-order valence-corrected chi connectivity index (χ0v) is 20.4. The van der Waals surface area contributed by atoms with Crippen LogP contribution >= 0.6 is 0 Å². The first kappa shape index (κ1) is 25.2. The van der Waals surface area contributed by atoms with E-state index >= 15 is 0 Å². The topological polar surface area (TPSA) is 112 Å². The van der Waals surface area contributed by atoms with Gasteiger partial charge in [-0.1, -0.05) is 42.5 Å². The summed E-state index contributed by atoms with van der Waals surface area (Å²) in [4.78, 5) is 37.6. The van der Waals surface area contributed by atoms with Gasteiger partial charge in [0.05, 0.1) is 25.4 Å². The molecule has 1 unspecified atom stereocenters. The Labute approximate surface area is 215 Å². The molecule has 8 nitrogen and oxygen atoms in total. The number of furan rings is 1. The van der Waals surface area contributed by atoms with Gasteiger partial charge in [0, 0.05) is 22.5 Å². The molecular weight excluding hydrogens is 468 g/mol. The first-order valence-corrected chi connectivity index (χ1v) is 11.9. The Kier molecular flexibility index (Phi) is 8.33. The van der Waals surface area contributed by atoms with Crippen LogP contribution in [0.15, 0.2) is 102 Å². The molecule has 8 heteroatoms. The van der Waals surface area contributed by atoms with Crippen molar-refractivity contribution in [3.05, 3.63) is 120 Å². The number of rotatable bonds is 10. The van der Waals surface area contributed by atoms with Crippen LogP contribution in [0.1, 0.15) is 45.0 Å².